The van der Waals surface area contributed by atoms with Crippen LogP contribution in [0.4, 0.5) is 13.2 Å². The highest BCUT2D eigenvalue weighted by molar-refractivity contribution is 7.90. The van der Waals surface area contributed by atoms with Crippen molar-refractivity contribution in [3.8, 4) is 11.8 Å². The number of unbranched alkanes of at least 4 members (excludes halogenated alkanes) is 3. The molecule has 3 nitrogen and oxygen atoms in total. The van der Waals surface area contributed by atoms with E-state index in [1.54, 1.807) is 0 Å². The molecule has 0 spiro atoms. The minimum absolute atomic E-state index is 0.214. The van der Waals surface area contributed by atoms with E-state index in [1.807, 2.05) is 30.3 Å². The maximum atomic E-state index is 12.0. The van der Waals surface area contributed by atoms with Crippen molar-refractivity contribution in [1.82, 2.24) is 4.72 Å². The first kappa shape index (κ1) is 17.5. The fourth-order valence-corrected chi connectivity index (χ4v) is 2.07. The standard InChI is InChI=1S/C14H16F3NO2S/c15-14(16,17)21(19,20)18-12-8-3-1-2-5-9-13-10-6-4-7-11-13/h4,6-7,10-11,18H,1-3,8,12H2. The van der Waals surface area contributed by atoms with E-state index in [2.05, 4.69) is 11.8 Å². The van der Waals surface area contributed by atoms with E-state index in [-0.39, 0.29) is 6.54 Å². The fraction of sp³-hybridized carbons (Fsp3) is 0.429. The third-order valence-corrected chi connectivity index (χ3v) is 3.78. The summed E-state index contributed by atoms with van der Waals surface area (Å²) >= 11 is 0. The van der Waals surface area contributed by atoms with Crippen molar-refractivity contribution >= 4 is 10.0 Å². The summed E-state index contributed by atoms with van der Waals surface area (Å²) in [4.78, 5) is 0. The molecular weight excluding hydrogens is 303 g/mol. The van der Waals surface area contributed by atoms with Crippen LogP contribution in [-0.2, 0) is 10.0 Å². The normalized spacial score (nSPS) is 11.8. The molecule has 1 N–H and O–H groups in total. The Morgan fingerprint density at radius 2 is 1.71 bits per heavy atom. The average Bonchev–Trinajstić information content (AvgIpc) is 2.41. The molecule has 1 aromatic rings. The van der Waals surface area contributed by atoms with Crippen molar-refractivity contribution in [1.29, 1.82) is 0 Å². The summed E-state index contributed by atoms with van der Waals surface area (Å²) in [5.74, 6) is 5.93. The van der Waals surface area contributed by atoms with Gasteiger partial charge in [0.1, 0.15) is 0 Å². The lowest BCUT2D eigenvalue weighted by Crippen LogP contribution is -2.36. The number of hydrogen-bond donors (Lipinski definition) is 1. The number of alkyl halides is 3. The molecule has 1 aromatic carbocycles. The molecule has 0 atom stereocenters. The van der Waals surface area contributed by atoms with Gasteiger partial charge in [0, 0.05) is 18.5 Å². The second-order valence-electron chi connectivity index (χ2n) is 4.32. The molecule has 0 aliphatic carbocycles. The van der Waals surface area contributed by atoms with Gasteiger partial charge in [-0.25, -0.2) is 13.1 Å². The zero-order chi connectivity index (χ0) is 15.8. The van der Waals surface area contributed by atoms with Crippen molar-refractivity contribution in [3.63, 3.8) is 0 Å². The van der Waals surface area contributed by atoms with Gasteiger partial charge in [0.2, 0.25) is 0 Å². The third kappa shape index (κ3) is 6.65. The Morgan fingerprint density at radius 1 is 1.05 bits per heavy atom. The van der Waals surface area contributed by atoms with Gasteiger partial charge in [0.15, 0.2) is 0 Å². The molecule has 0 saturated heterocycles. The van der Waals surface area contributed by atoms with Gasteiger partial charge >= 0.3 is 15.5 Å². The number of hydrogen-bond acceptors (Lipinski definition) is 2. The van der Waals surface area contributed by atoms with Crippen molar-refractivity contribution < 1.29 is 21.6 Å². The largest absolute Gasteiger partial charge is 0.511 e. The van der Waals surface area contributed by atoms with Crippen LogP contribution >= 0.6 is 0 Å². The molecule has 0 bridgehead atoms. The topological polar surface area (TPSA) is 46.2 Å². The zero-order valence-corrected chi connectivity index (χ0v) is 12.1. The summed E-state index contributed by atoms with van der Waals surface area (Å²) in [6, 6.07) is 9.44. The third-order valence-electron chi connectivity index (χ3n) is 2.58. The van der Waals surface area contributed by atoms with Crippen LogP contribution in [0.5, 0.6) is 0 Å². The zero-order valence-electron chi connectivity index (χ0n) is 11.3. The van der Waals surface area contributed by atoms with Crippen LogP contribution in [0.25, 0.3) is 0 Å². The Bertz CT molecular complexity index is 586. The molecule has 116 valence electrons. The second-order valence-corrected chi connectivity index (χ2v) is 6.08. The van der Waals surface area contributed by atoms with Crippen molar-refractivity contribution in [2.24, 2.45) is 0 Å². The van der Waals surface area contributed by atoms with Crippen LogP contribution < -0.4 is 4.72 Å². The SMILES string of the molecule is O=S(=O)(NCCCCCC#Cc1ccccc1)C(F)(F)F. The predicted molar refractivity (Wildman–Crippen MR) is 74.8 cm³/mol. The lowest BCUT2D eigenvalue weighted by molar-refractivity contribution is -0.0447. The highest BCUT2D eigenvalue weighted by atomic mass is 32.2. The monoisotopic (exact) mass is 319 g/mol. The van der Waals surface area contributed by atoms with Crippen LogP contribution in [0.1, 0.15) is 31.2 Å². The van der Waals surface area contributed by atoms with Gasteiger partial charge in [-0.05, 0) is 25.0 Å². The van der Waals surface area contributed by atoms with E-state index >= 15 is 0 Å². The van der Waals surface area contributed by atoms with Crippen LogP contribution in [0.2, 0.25) is 0 Å². The lowest BCUT2D eigenvalue weighted by atomic mass is 10.2. The van der Waals surface area contributed by atoms with Gasteiger partial charge < -0.3 is 0 Å². The minimum atomic E-state index is -5.24. The number of nitrogens with one attached hydrogen (secondary N) is 1. The van der Waals surface area contributed by atoms with Crippen LogP contribution in [0, 0.1) is 11.8 Å². The summed E-state index contributed by atoms with van der Waals surface area (Å²) in [6.45, 7) is -0.214. The van der Waals surface area contributed by atoms with Crippen molar-refractivity contribution in [2.45, 2.75) is 31.2 Å². The molecule has 0 radical (unpaired) electrons. The Balaban J connectivity index is 2.15. The highest BCUT2D eigenvalue weighted by Crippen LogP contribution is 2.21. The number of halogens is 3. The van der Waals surface area contributed by atoms with Gasteiger partial charge in [-0.15, -0.1) is 0 Å². The summed E-state index contributed by atoms with van der Waals surface area (Å²) in [6.07, 6.45) is 2.31. The molecule has 7 heteroatoms. The molecule has 0 aliphatic rings. The number of benzene rings is 1. The first-order valence-corrected chi connectivity index (χ1v) is 7.91. The average molecular weight is 319 g/mol. The molecule has 1 rings (SSSR count). The Kier molecular flexibility index (Phi) is 6.72. The summed E-state index contributed by atoms with van der Waals surface area (Å²) in [7, 11) is -5.21. The van der Waals surface area contributed by atoms with Gasteiger partial charge in [-0.2, -0.15) is 13.2 Å². The van der Waals surface area contributed by atoms with E-state index < -0.39 is 15.5 Å². The lowest BCUT2D eigenvalue weighted by Gasteiger charge is -2.08. The summed E-state index contributed by atoms with van der Waals surface area (Å²) < 4.78 is 58.9. The number of rotatable bonds is 6. The first-order valence-electron chi connectivity index (χ1n) is 6.43. The minimum Gasteiger partial charge on any atom is -0.207 e. The van der Waals surface area contributed by atoms with E-state index in [0.29, 0.717) is 25.7 Å². The van der Waals surface area contributed by atoms with Gasteiger partial charge in [-0.3, -0.25) is 0 Å². The molecule has 0 amide bonds. The predicted octanol–water partition coefficient (Wildman–Crippen LogP) is 3.04. The van der Waals surface area contributed by atoms with Crippen LogP contribution in [-0.4, -0.2) is 20.5 Å². The molecule has 0 unspecified atom stereocenters. The highest BCUT2D eigenvalue weighted by Gasteiger charge is 2.45. The van der Waals surface area contributed by atoms with E-state index in [4.69, 9.17) is 0 Å². The fourth-order valence-electron chi connectivity index (χ4n) is 1.49. The molecule has 0 fully saturated rings. The van der Waals surface area contributed by atoms with Crippen molar-refractivity contribution in [2.75, 3.05) is 6.54 Å². The Hall–Kier alpha value is -1.52. The summed E-state index contributed by atoms with van der Waals surface area (Å²) in [5.41, 5.74) is -4.33. The first-order chi connectivity index (χ1) is 9.83. The maximum Gasteiger partial charge on any atom is 0.511 e. The Labute approximate surface area is 122 Å². The second kappa shape index (κ2) is 8.05. The molecule has 0 saturated carbocycles. The van der Waals surface area contributed by atoms with Gasteiger partial charge in [0.05, 0.1) is 0 Å². The van der Waals surface area contributed by atoms with Crippen LogP contribution in [0.15, 0.2) is 30.3 Å². The number of sulfonamides is 1. The molecule has 0 aromatic heterocycles. The maximum absolute atomic E-state index is 12.0. The quantitative estimate of drug-likeness (QED) is 0.647. The van der Waals surface area contributed by atoms with E-state index in [0.717, 1.165) is 5.56 Å². The molecule has 21 heavy (non-hydrogen) atoms. The smallest absolute Gasteiger partial charge is 0.207 e. The van der Waals surface area contributed by atoms with Gasteiger partial charge in [-0.1, -0.05) is 36.5 Å². The van der Waals surface area contributed by atoms with Crippen LogP contribution in [0.3, 0.4) is 0 Å². The van der Waals surface area contributed by atoms with Gasteiger partial charge in [0.25, 0.3) is 0 Å². The molecule has 0 heterocycles. The van der Waals surface area contributed by atoms with E-state index in [9.17, 15) is 21.6 Å². The molecule has 0 aliphatic heterocycles. The van der Waals surface area contributed by atoms with E-state index in [1.165, 1.54) is 4.72 Å². The van der Waals surface area contributed by atoms with Crippen molar-refractivity contribution in [3.05, 3.63) is 35.9 Å². The summed E-state index contributed by atoms with van der Waals surface area (Å²) in [5, 5.41) is 0. The Morgan fingerprint density at radius 3 is 2.33 bits per heavy atom. The molecular formula is C14H16F3NO2S.